The van der Waals surface area contributed by atoms with Crippen molar-refractivity contribution in [2.45, 2.75) is 26.5 Å². The molecule has 2 aromatic rings. The van der Waals surface area contributed by atoms with Crippen LogP contribution < -0.4 is 0 Å². The fraction of sp³-hybridized carbons (Fsp3) is 0.350. The Balaban J connectivity index is 2.15. The molecule has 0 saturated heterocycles. The lowest BCUT2D eigenvalue weighted by molar-refractivity contribution is 0.0472. The van der Waals surface area contributed by atoms with Crippen molar-refractivity contribution < 1.29 is 32.3 Å². The molecule has 8 nitrogen and oxygen atoms in total. The number of ether oxygens (including phenoxy) is 2. The topological polar surface area (TPSA) is 120 Å². The van der Waals surface area contributed by atoms with Crippen molar-refractivity contribution in [2.24, 2.45) is 0 Å². The van der Waals surface area contributed by atoms with Gasteiger partial charge in [0.2, 0.25) is 5.78 Å². The standard InChI is InChI=1S/C20H23NO7S/c1-5-27-20(24)18-13(3)21-12(2)17(18)16(22)10-28-19(23)15-8-6-7-14(9-15)11-29(4,25)26/h6-9,21H,5,10-11H2,1-4H3. The quantitative estimate of drug-likeness (QED) is 0.513. The maximum atomic E-state index is 12.6. The Morgan fingerprint density at radius 1 is 1.00 bits per heavy atom. The van der Waals surface area contributed by atoms with Crippen LogP contribution in [0.2, 0.25) is 0 Å². The Kier molecular flexibility index (Phi) is 6.97. The van der Waals surface area contributed by atoms with Crippen LogP contribution in [-0.2, 0) is 25.1 Å². The first-order valence-electron chi connectivity index (χ1n) is 8.86. The number of Topliss-reactive ketones (excluding diaryl/α,β-unsaturated/α-hetero) is 1. The Hall–Kier alpha value is -2.94. The van der Waals surface area contributed by atoms with Gasteiger partial charge in [-0.25, -0.2) is 18.0 Å². The molecule has 1 N–H and O–H groups in total. The van der Waals surface area contributed by atoms with Crippen LogP contribution in [0.4, 0.5) is 0 Å². The van der Waals surface area contributed by atoms with Crippen LogP contribution in [0.1, 0.15) is 54.9 Å². The van der Waals surface area contributed by atoms with E-state index in [4.69, 9.17) is 9.47 Å². The molecule has 0 saturated carbocycles. The van der Waals surface area contributed by atoms with Crippen molar-refractivity contribution in [3.05, 3.63) is 57.9 Å². The molecule has 0 radical (unpaired) electrons. The number of sulfone groups is 1. The second-order valence-corrected chi connectivity index (χ2v) is 8.76. The summed E-state index contributed by atoms with van der Waals surface area (Å²) in [6.07, 6.45) is 1.10. The van der Waals surface area contributed by atoms with Crippen LogP contribution in [0, 0.1) is 13.8 Å². The molecular formula is C20H23NO7S. The highest BCUT2D eigenvalue weighted by molar-refractivity contribution is 7.89. The molecule has 1 heterocycles. The molecule has 0 aliphatic heterocycles. The van der Waals surface area contributed by atoms with Crippen molar-refractivity contribution in [1.29, 1.82) is 0 Å². The molecule has 0 aliphatic carbocycles. The SMILES string of the molecule is CCOC(=O)c1c(C)[nH]c(C)c1C(=O)COC(=O)c1cccc(CS(C)(=O)=O)c1. The minimum absolute atomic E-state index is 0.125. The Bertz CT molecular complexity index is 1050. The lowest BCUT2D eigenvalue weighted by atomic mass is 10.1. The third-order valence-electron chi connectivity index (χ3n) is 4.06. The van der Waals surface area contributed by atoms with E-state index in [1.807, 2.05) is 0 Å². The van der Waals surface area contributed by atoms with Crippen LogP contribution in [0.5, 0.6) is 0 Å². The van der Waals surface area contributed by atoms with Gasteiger partial charge in [0.15, 0.2) is 16.4 Å². The molecule has 9 heteroatoms. The molecule has 1 aromatic carbocycles. The van der Waals surface area contributed by atoms with E-state index >= 15 is 0 Å². The summed E-state index contributed by atoms with van der Waals surface area (Å²) in [4.78, 5) is 40.0. The first-order chi connectivity index (χ1) is 13.5. The maximum absolute atomic E-state index is 12.6. The third kappa shape index (κ3) is 5.77. The number of esters is 2. The van der Waals surface area contributed by atoms with E-state index in [1.165, 1.54) is 18.2 Å². The number of nitrogens with one attached hydrogen (secondary N) is 1. The number of hydrogen-bond donors (Lipinski definition) is 1. The number of carbonyl (C=O) groups is 3. The molecule has 0 amide bonds. The minimum Gasteiger partial charge on any atom is -0.462 e. The van der Waals surface area contributed by atoms with Crippen molar-refractivity contribution in [1.82, 2.24) is 4.98 Å². The zero-order valence-corrected chi connectivity index (χ0v) is 17.5. The van der Waals surface area contributed by atoms with Crippen LogP contribution in [-0.4, -0.2) is 50.6 Å². The number of hydrogen-bond acceptors (Lipinski definition) is 7. The normalized spacial score (nSPS) is 11.2. The van der Waals surface area contributed by atoms with Gasteiger partial charge in [0, 0.05) is 17.6 Å². The zero-order chi connectivity index (χ0) is 21.8. The Morgan fingerprint density at radius 2 is 1.66 bits per heavy atom. The number of aromatic amines is 1. The molecule has 0 aliphatic rings. The fourth-order valence-corrected chi connectivity index (χ4v) is 3.75. The van der Waals surface area contributed by atoms with E-state index in [0.717, 1.165) is 6.26 Å². The molecule has 29 heavy (non-hydrogen) atoms. The molecule has 0 fully saturated rings. The molecule has 156 valence electrons. The number of aromatic nitrogens is 1. The first kappa shape index (κ1) is 22.4. The van der Waals surface area contributed by atoms with Gasteiger partial charge in [-0.15, -0.1) is 0 Å². The minimum atomic E-state index is -3.26. The number of H-pyrrole nitrogens is 1. The van der Waals surface area contributed by atoms with Gasteiger partial charge in [-0.2, -0.15) is 0 Å². The first-order valence-corrected chi connectivity index (χ1v) is 10.9. The van der Waals surface area contributed by atoms with Crippen molar-refractivity contribution in [3.63, 3.8) is 0 Å². The zero-order valence-electron chi connectivity index (χ0n) is 16.7. The predicted molar refractivity (Wildman–Crippen MR) is 106 cm³/mol. The highest BCUT2D eigenvalue weighted by atomic mass is 32.2. The van der Waals surface area contributed by atoms with Gasteiger partial charge in [0.05, 0.1) is 29.1 Å². The van der Waals surface area contributed by atoms with Gasteiger partial charge >= 0.3 is 11.9 Å². The van der Waals surface area contributed by atoms with Crippen molar-refractivity contribution >= 4 is 27.6 Å². The molecule has 0 spiro atoms. The number of aryl methyl sites for hydroxylation is 2. The average Bonchev–Trinajstić information content (AvgIpc) is 2.92. The van der Waals surface area contributed by atoms with Gasteiger partial charge in [0.25, 0.3) is 0 Å². The summed E-state index contributed by atoms with van der Waals surface area (Å²) in [5.41, 5.74) is 1.78. The summed E-state index contributed by atoms with van der Waals surface area (Å²) < 4.78 is 32.9. The molecule has 2 rings (SSSR count). The van der Waals surface area contributed by atoms with E-state index in [1.54, 1.807) is 26.8 Å². The number of benzene rings is 1. The summed E-state index contributed by atoms with van der Waals surface area (Å²) >= 11 is 0. The van der Waals surface area contributed by atoms with Gasteiger partial charge in [-0.3, -0.25) is 4.79 Å². The maximum Gasteiger partial charge on any atom is 0.340 e. The number of carbonyl (C=O) groups excluding carboxylic acids is 3. The smallest absolute Gasteiger partial charge is 0.340 e. The molecule has 0 bridgehead atoms. The van der Waals surface area contributed by atoms with E-state index in [2.05, 4.69) is 4.98 Å². The van der Waals surface area contributed by atoms with Crippen molar-refractivity contribution in [2.75, 3.05) is 19.5 Å². The van der Waals surface area contributed by atoms with Gasteiger partial charge in [-0.05, 0) is 38.5 Å². The Morgan fingerprint density at radius 3 is 2.28 bits per heavy atom. The largest absolute Gasteiger partial charge is 0.462 e. The number of ketones is 1. The summed E-state index contributed by atoms with van der Waals surface area (Å²) in [6, 6.07) is 6.00. The second-order valence-electron chi connectivity index (χ2n) is 6.62. The molecule has 1 aromatic heterocycles. The summed E-state index contributed by atoms with van der Waals surface area (Å²) in [5.74, 6) is -2.15. The number of rotatable bonds is 8. The van der Waals surface area contributed by atoms with Crippen LogP contribution in [0.15, 0.2) is 24.3 Å². The molecule has 0 atom stereocenters. The van der Waals surface area contributed by atoms with E-state index < -0.39 is 34.2 Å². The van der Waals surface area contributed by atoms with E-state index in [0.29, 0.717) is 17.0 Å². The van der Waals surface area contributed by atoms with Gasteiger partial charge < -0.3 is 14.5 Å². The monoisotopic (exact) mass is 421 g/mol. The third-order valence-corrected chi connectivity index (χ3v) is 4.92. The van der Waals surface area contributed by atoms with Gasteiger partial charge in [0.1, 0.15) is 0 Å². The lowest BCUT2D eigenvalue weighted by Gasteiger charge is -2.08. The second kappa shape index (κ2) is 9.04. The van der Waals surface area contributed by atoms with Crippen molar-refractivity contribution in [3.8, 4) is 0 Å². The molecular weight excluding hydrogens is 398 g/mol. The summed E-state index contributed by atoms with van der Waals surface area (Å²) in [7, 11) is -3.26. The average molecular weight is 421 g/mol. The molecule has 0 unspecified atom stereocenters. The highest BCUT2D eigenvalue weighted by Gasteiger charge is 2.26. The lowest BCUT2D eigenvalue weighted by Crippen LogP contribution is -2.18. The van der Waals surface area contributed by atoms with Crippen LogP contribution in [0.25, 0.3) is 0 Å². The van der Waals surface area contributed by atoms with E-state index in [9.17, 15) is 22.8 Å². The fourth-order valence-electron chi connectivity index (χ4n) is 2.97. The summed E-state index contributed by atoms with van der Waals surface area (Å²) in [6.45, 7) is 4.54. The highest BCUT2D eigenvalue weighted by Crippen LogP contribution is 2.20. The summed E-state index contributed by atoms with van der Waals surface area (Å²) in [5, 5.41) is 0. The predicted octanol–water partition coefficient (Wildman–Crippen LogP) is 2.39. The van der Waals surface area contributed by atoms with E-state index in [-0.39, 0.29) is 29.1 Å². The Labute approximate surface area is 169 Å². The van der Waals surface area contributed by atoms with Crippen LogP contribution in [0.3, 0.4) is 0 Å². The van der Waals surface area contributed by atoms with Gasteiger partial charge in [-0.1, -0.05) is 12.1 Å². The van der Waals surface area contributed by atoms with Crippen LogP contribution >= 0.6 is 0 Å².